The minimum absolute atomic E-state index is 0.0268. The van der Waals surface area contributed by atoms with Crippen LogP contribution in [0.1, 0.15) is 28.3 Å². The molecule has 34 heavy (non-hydrogen) atoms. The largest absolute Gasteiger partial charge is 0.507 e. The van der Waals surface area contributed by atoms with Gasteiger partial charge in [-0.2, -0.15) is 0 Å². The van der Waals surface area contributed by atoms with Gasteiger partial charge < -0.3 is 14.6 Å². The van der Waals surface area contributed by atoms with Gasteiger partial charge in [0.1, 0.15) is 23.1 Å². The number of hydrogen-bond acceptors (Lipinski definition) is 5. The van der Waals surface area contributed by atoms with Crippen LogP contribution in [0.3, 0.4) is 0 Å². The van der Waals surface area contributed by atoms with Gasteiger partial charge in [-0.15, -0.1) is 0 Å². The zero-order chi connectivity index (χ0) is 24.6. The maximum absolute atomic E-state index is 14.1. The van der Waals surface area contributed by atoms with Gasteiger partial charge in [-0.05, 0) is 49.7 Å². The molecule has 0 radical (unpaired) electrons. The van der Waals surface area contributed by atoms with Crippen LogP contribution in [0.5, 0.6) is 11.5 Å². The zero-order valence-corrected chi connectivity index (χ0v) is 19.3. The molecule has 3 aromatic rings. The number of carbonyl (C=O) groups excluding carboxylic acids is 2. The molecule has 0 aliphatic carbocycles. The Morgan fingerprint density at radius 1 is 0.941 bits per heavy atom. The Morgan fingerprint density at radius 3 is 2.32 bits per heavy atom. The summed E-state index contributed by atoms with van der Waals surface area (Å²) < 4.78 is 24.9. The molecule has 0 bridgehead atoms. The summed E-state index contributed by atoms with van der Waals surface area (Å²) in [7, 11) is 2.85. The Morgan fingerprint density at radius 2 is 1.65 bits per heavy atom. The molecular weight excluding hydrogens is 437 g/mol. The molecule has 1 fully saturated rings. The number of nitrogens with zero attached hydrogens (tertiary/aromatic N) is 1. The van der Waals surface area contributed by atoms with Crippen molar-refractivity contribution in [2.75, 3.05) is 19.1 Å². The molecule has 1 N–H and O–H groups in total. The number of aliphatic hydroxyl groups excluding tert-OH is 1. The van der Waals surface area contributed by atoms with Gasteiger partial charge in [-0.1, -0.05) is 35.9 Å². The van der Waals surface area contributed by atoms with Crippen LogP contribution in [0.15, 0.2) is 66.2 Å². The highest BCUT2D eigenvalue weighted by Gasteiger charge is 2.48. The second kappa shape index (κ2) is 9.02. The standard InChI is InChI=1S/C27H24FNO5/c1-15-9-11-20(16(2)13-15)29-24(18-7-5-6-8-21(18)33-3)23(26(31)27(29)32)25(30)19-14-17(28)10-12-22(19)34-4/h5-14,24,30H,1-4H3/b25-23+. The molecule has 1 amide bonds. The van der Waals surface area contributed by atoms with E-state index in [0.29, 0.717) is 17.0 Å². The predicted molar refractivity (Wildman–Crippen MR) is 127 cm³/mol. The summed E-state index contributed by atoms with van der Waals surface area (Å²) in [4.78, 5) is 28.1. The summed E-state index contributed by atoms with van der Waals surface area (Å²) in [6.07, 6.45) is 0. The summed E-state index contributed by atoms with van der Waals surface area (Å²) in [5, 5.41) is 11.3. The van der Waals surface area contributed by atoms with E-state index < -0.39 is 29.3 Å². The molecule has 1 unspecified atom stereocenters. The van der Waals surface area contributed by atoms with Gasteiger partial charge in [0.05, 0.1) is 31.4 Å². The van der Waals surface area contributed by atoms with Crippen LogP contribution in [0.25, 0.3) is 5.76 Å². The smallest absolute Gasteiger partial charge is 0.300 e. The first-order valence-corrected chi connectivity index (χ1v) is 10.6. The van der Waals surface area contributed by atoms with Crippen molar-refractivity contribution >= 4 is 23.1 Å². The molecule has 3 aromatic carbocycles. The van der Waals surface area contributed by atoms with Gasteiger partial charge in [0, 0.05) is 11.3 Å². The Labute approximate surface area is 196 Å². The maximum atomic E-state index is 14.1. The Bertz CT molecular complexity index is 1330. The fourth-order valence-electron chi connectivity index (χ4n) is 4.35. The monoisotopic (exact) mass is 461 g/mol. The van der Waals surface area contributed by atoms with Gasteiger partial charge in [0.25, 0.3) is 11.7 Å². The van der Waals surface area contributed by atoms with Crippen LogP contribution in [-0.4, -0.2) is 31.0 Å². The summed E-state index contributed by atoms with van der Waals surface area (Å²) in [5.74, 6) is -2.26. The number of benzene rings is 3. The lowest BCUT2D eigenvalue weighted by atomic mass is 9.94. The summed E-state index contributed by atoms with van der Waals surface area (Å²) >= 11 is 0. The van der Waals surface area contributed by atoms with E-state index in [9.17, 15) is 19.1 Å². The van der Waals surface area contributed by atoms with E-state index >= 15 is 0 Å². The molecule has 1 heterocycles. The number of methoxy groups -OCH3 is 2. The molecule has 1 aliphatic heterocycles. The third-order valence-electron chi connectivity index (χ3n) is 5.91. The third-order valence-corrected chi connectivity index (χ3v) is 5.91. The van der Waals surface area contributed by atoms with E-state index in [1.54, 1.807) is 30.3 Å². The molecule has 0 aromatic heterocycles. The average Bonchev–Trinajstić information content (AvgIpc) is 3.08. The van der Waals surface area contributed by atoms with Gasteiger partial charge in [-0.25, -0.2) is 4.39 Å². The summed E-state index contributed by atoms with van der Waals surface area (Å²) in [5.41, 5.74) is 2.59. The number of hydrogen-bond donors (Lipinski definition) is 1. The zero-order valence-electron chi connectivity index (χ0n) is 19.3. The molecule has 7 heteroatoms. The van der Waals surface area contributed by atoms with Crippen LogP contribution in [0.4, 0.5) is 10.1 Å². The topological polar surface area (TPSA) is 76.1 Å². The minimum Gasteiger partial charge on any atom is -0.507 e. The van der Waals surface area contributed by atoms with Crippen LogP contribution < -0.4 is 14.4 Å². The lowest BCUT2D eigenvalue weighted by Crippen LogP contribution is -2.30. The molecule has 1 atom stereocenters. The maximum Gasteiger partial charge on any atom is 0.300 e. The average molecular weight is 461 g/mol. The second-order valence-corrected chi connectivity index (χ2v) is 8.05. The highest BCUT2D eigenvalue weighted by Crippen LogP contribution is 2.46. The lowest BCUT2D eigenvalue weighted by Gasteiger charge is -2.28. The fraction of sp³-hybridized carbons (Fsp3) is 0.185. The van der Waals surface area contributed by atoms with Gasteiger partial charge in [0.15, 0.2) is 0 Å². The van der Waals surface area contributed by atoms with Crippen LogP contribution in [-0.2, 0) is 9.59 Å². The molecule has 0 saturated carbocycles. The normalized spacial score (nSPS) is 17.2. The van der Waals surface area contributed by atoms with Crippen molar-refractivity contribution in [2.24, 2.45) is 0 Å². The molecule has 1 saturated heterocycles. The number of anilines is 1. The van der Waals surface area contributed by atoms with Crippen LogP contribution >= 0.6 is 0 Å². The minimum atomic E-state index is -1.01. The first kappa shape index (κ1) is 23.0. The van der Waals surface area contributed by atoms with Gasteiger partial charge >= 0.3 is 0 Å². The highest BCUT2D eigenvalue weighted by atomic mass is 19.1. The van der Waals surface area contributed by atoms with Crippen molar-refractivity contribution in [1.29, 1.82) is 0 Å². The molecule has 4 rings (SSSR count). The fourth-order valence-corrected chi connectivity index (χ4v) is 4.35. The molecule has 6 nitrogen and oxygen atoms in total. The summed E-state index contributed by atoms with van der Waals surface area (Å²) in [6.45, 7) is 3.77. The van der Waals surface area contributed by atoms with Crippen molar-refractivity contribution in [2.45, 2.75) is 19.9 Å². The van der Waals surface area contributed by atoms with E-state index in [0.717, 1.165) is 17.2 Å². The number of para-hydroxylation sites is 1. The van der Waals surface area contributed by atoms with E-state index in [2.05, 4.69) is 0 Å². The van der Waals surface area contributed by atoms with E-state index in [-0.39, 0.29) is 16.9 Å². The van der Waals surface area contributed by atoms with Crippen LogP contribution in [0.2, 0.25) is 0 Å². The first-order valence-electron chi connectivity index (χ1n) is 10.6. The SMILES string of the molecule is COc1ccc(F)cc1/C(O)=C1\C(=O)C(=O)N(c2ccc(C)cc2C)C1c1ccccc1OC. The van der Waals surface area contributed by atoms with Crippen molar-refractivity contribution in [3.8, 4) is 11.5 Å². The third kappa shape index (κ3) is 3.79. The molecule has 1 aliphatic rings. The second-order valence-electron chi connectivity index (χ2n) is 8.05. The Balaban J connectivity index is 2.05. The number of carbonyl (C=O) groups is 2. The van der Waals surface area contributed by atoms with Crippen molar-refractivity contribution < 1.29 is 28.6 Å². The lowest BCUT2D eigenvalue weighted by molar-refractivity contribution is -0.132. The number of amides is 1. The number of ether oxygens (including phenoxy) is 2. The predicted octanol–water partition coefficient (Wildman–Crippen LogP) is 5.09. The van der Waals surface area contributed by atoms with E-state index in [1.807, 2.05) is 26.0 Å². The van der Waals surface area contributed by atoms with Crippen LogP contribution in [0, 0.1) is 19.7 Å². The Hall–Kier alpha value is -4.13. The Kier molecular flexibility index (Phi) is 6.11. The number of ketones is 1. The van der Waals surface area contributed by atoms with Crippen molar-refractivity contribution in [1.82, 2.24) is 0 Å². The molecule has 0 spiro atoms. The van der Waals surface area contributed by atoms with Gasteiger partial charge in [0.2, 0.25) is 0 Å². The number of rotatable bonds is 5. The van der Waals surface area contributed by atoms with E-state index in [4.69, 9.17) is 9.47 Å². The number of aryl methyl sites for hydroxylation is 2. The van der Waals surface area contributed by atoms with E-state index in [1.165, 1.54) is 31.3 Å². The quantitative estimate of drug-likeness (QED) is 0.326. The molecule has 174 valence electrons. The number of Topliss-reactive ketones (excluding diaryl/α,β-unsaturated/α-hetero) is 1. The molecular formula is C27H24FNO5. The van der Waals surface area contributed by atoms with Crippen molar-refractivity contribution in [3.05, 3.63) is 94.3 Å². The first-order chi connectivity index (χ1) is 16.3. The highest BCUT2D eigenvalue weighted by molar-refractivity contribution is 6.51. The number of aliphatic hydroxyl groups is 1. The summed E-state index contributed by atoms with van der Waals surface area (Å²) in [6, 6.07) is 15.1. The van der Waals surface area contributed by atoms with Crippen molar-refractivity contribution in [3.63, 3.8) is 0 Å². The van der Waals surface area contributed by atoms with Gasteiger partial charge in [-0.3, -0.25) is 14.5 Å². The number of halogens is 1.